The van der Waals surface area contributed by atoms with Crippen molar-refractivity contribution in [3.05, 3.63) is 0 Å². The maximum Gasteiger partial charge on any atom is 0.220 e. The Labute approximate surface area is 98.9 Å². The Morgan fingerprint density at radius 1 is 1.44 bits per heavy atom. The Balaban J connectivity index is 3.71. The van der Waals surface area contributed by atoms with E-state index in [0.29, 0.717) is 25.5 Å². The third-order valence-electron chi connectivity index (χ3n) is 2.75. The van der Waals surface area contributed by atoms with Crippen molar-refractivity contribution in [1.29, 1.82) is 0 Å². The normalized spacial score (nSPS) is 14.5. The van der Waals surface area contributed by atoms with Gasteiger partial charge in [-0.25, -0.2) is 0 Å². The molecule has 3 N–H and O–H groups in total. The van der Waals surface area contributed by atoms with Crippen LogP contribution in [0.3, 0.4) is 0 Å². The van der Waals surface area contributed by atoms with E-state index in [4.69, 9.17) is 10.5 Å². The van der Waals surface area contributed by atoms with Crippen LogP contribution in [0.4, 0.5) is 0 Å². The van der Waals surface area contributed by atoms with Gasteiger partial charge in [-0.1, -0.05) is 13.8 Å². The number of amides is 1. The second kappa shape index (κ2) is 9.60. The van der Waals surface area contributed by atoms with Gasteiger partial charge < -0.3 is 15.8 Å². The summed E-state index contributed by atoms with van der Waals surface area (Å²) in [7, 11) is 1.65. The van der Waals surface area contributed by atoms with E-state index in [-0.39, 0.29) is 11.9 Å². The van der Waals surface area contributed by atoms with Crippen LogP contribution in [0, 0.1) is 5.92 Å². The van der Waals surface area contributed by atoms with Gasteiger partial charge in [-0.05, 0) is 31.7 Å². The molecule has 0 fully saturated rings. The van der Waals surface area contributed by atoms with Gasteiger partial charge >= 0.3 is 0 Å². The zero-order valence-corrected chi connectivity index (χ0v) is 10.8. The Morgan fingerprint density at radius 2 is 2.12 bits per heavy atom. The Kier molecular flexibility index (Phi) is 9.24. The van der Waals surface area contributed by atoms with Crippen molar-refractivity contribution in [3.8, 4) is 0 Å². The minimum Gasteiger partial charge on any atom is -0.383 e. The van der Waals surface area contributed by atoms with E-state index < -0.39 is 0 Å². The summed E-state index contributed by atoms with van der Waals surface area (Å²) >= 11 is 0. The molecule has 0 heterocycles. The highest BCUT2D eigenvalue weighted by molar-refractivity contribution is 5.76. The molecule has 0 bridgehead atoms. The van der Waals surface area contributed by atoms with Gasteiger partial charge in [0.05, 0.1) is 12.6 Å². The van der Waals surface area contributed by atoms with E-state index in [1.54, 1.807) is 7.11 Å². The molecule has 2 unspecified atom stereocenters. The summed E-state index contributed by atoms with van der Waals surface area (Å²) < 4.78 is 5.03. The summed E-state index contributed by atoms with van der Waals surface area (Å²) in [5, 5.41) is 2.97. The minimum atomic E-state index is 0.118. The lowest BCUT2D eigenvalue weighted by molar-refractivity contribution is -0.122. The molecule has 0 radical (unpaired) electrons. The van der Waals surface area contributed by atoms with Crippen molar-refractivity contribution in [3.63, 3.8) is 0 Å². The van der Waals surface area contributed by atoms with E-state index in [1.807, 2.05) is 6.92 Å². The SMILES string of the molecule is CCC(COC)NC(=O)CCC(C)CCN. The highest BCUT2D eigenvalue weighted by atomic mass is 16.5. The number of rotatable bonds is 9. The standard InChI is InChI=1S/C12H26N2O2/c1-4-11(9-16-3)14-12(15)6-5-10(2)7-8-13/h10-11H,4-9,13H2,1-3H3,(H,14,15). The summed E-state index contributed by atoms with van der Waals surface area (Å²) in [5.74, 6) is 0.644. The molecule has 16 heavy (non-hydrogen) atoms. The summed E-state index contributed by atoms with van der Waals surface area (Å²) in [5.41, 5.74) is 5.46. The number of carbonyl (C=O) groups is 1. The first-order chi connectivity index (χ1) is 7.63. The molecule has 0 spiro atoms. The molecule has 0 saturated heterocycles. The average Bonchev–Trinajstić information content (AvgIpc) is 2.26. The van der Waals surface area contributed by atoms with Gasteiger partial charge in [0.25, 0.3) is 0 Å². The number of methoxy groups -OCH3 is 1. The first-order valence-electron chi connectivity index (χ1n) is 6.12. The van der Waals surface area contributed by atoms with Gasteiger partial charge in [0.1, 0.15) is 0 Å². The predicted molar refractivity (Wildman–Crippen MR) is 66.2 cm³/mol. The van der Waals surface area contributed by atoms with Crippen LogP contribution in [-0.4, -0.2) is 32.2 Å². The molecule has 0 aliphatic heterocycles. The summed E-state index contributed by atoms with van der Waals surface area (Å²) in [6, 6.07) is 0.141. The maximum atomic E-state index is 11.6. The van der Waals surface area contributed by atoms with Crippen LogP contribution in [0.5, 0.6) is 0 Å². The molecular weight excluding hydrogens is 204 g/mol. The zero-order chi connectivity index (χ0) is 12.4. The number of ether oxygens (including phenoxy) is 1. The smallest absolute Gasteiger partial charge is 0.220 e. The van der Waals surface area contributed by atoms with Crippen molar-refractivity contribution in [2.45, 2.75) is 45.6 Å². The molecule has 4 nitrogen and oxygen atoms in total. The number of nitrogens with one attached hydrogen (secondary N) is 1. The minimum absolute atomic E-state index is 0.118. The van der Waals surface area contributed by atoms with Crippen LogP contribution >= 0.6 is 0 Å². The fourth-order valence-corrected chi connectivity index (χ4v) is 1.57. The van der Waals surface area contributed by atoms with Gasteiger partial charge in [0, 0.05) is 13.5 Å². The topological polar surface area (TPSA) is 64.3 Å². The number of nitrogens with two attached hydrogens (primary N) is 1. The number of hydrogen-bond acceptors (Lipinski definition) is 3. The number of carbonyl (C=O) groups excluding carboxylic acids is 1. The quantitative estimate of drug-likeness (QED) is 0.627. The van der Waals surface area contributed by atoms with Crippen LogP contribution < -0.4 is 11.1 Å². The first kappa shape index (κ1) is 15.4. The van der Waals surface area contributed by atoms with Crippen LogP contribution in [0.1, 0.15) is 39.5 Å². The monoisotopic (exact) mass is 230 g/mol. The summed E-state index contributed by atoms with van der Waals surface area (Å²) in [6.45, 7) is 5.46. The summed E-state index contributed by atoms with van der Waals surface area (Å²) in [4.78, 5) is 11.6. The highest BCUT2D eigenvalue weighted by Crippen LogP contribution is 2.09. The van der Waals surface area contributed by atoms with Crippen molar-refractivity contribution in [2.75, 3.05) is 20.3 Å². The fourth-order valence-electron chi connectivity index (χ4n) is 1.57. The molecule has 0 aliphatic carbocycles. The number of hydrogen-bond donors (Lipinski definition) is 2. The Morgan fingerprint density at radius 3 is 2.62 bits per heavy atom. The first-order valence-corrected chi connectivity index (χ1v) is 6.12. The molecule has 0 aromatic rings. The van der Waals surface area contributed by atoms with Gasteiger partial charge in [0.2, 0.25) is 5.91 Å². The van der Waals surface area contributed by atoms with E-state index >= 15 is 0 Å². The predicted octanol–water partition coefficient (Wildman–Crippen LogP) is 1.29. The largest absolute Gasteiger partial charge is 0.383 e. The van der Waals surface area contributed by atoms with Crippen molar-refractivity contribution in [1.82, 2.24) is 5.32 Å². The van der Waals surface area contributed by atoms with Gasteiger partial charge in [0.15, 0.2) is 0 Å². The molecular formula is C12H26N2O2. The Hall–Kier alpha value is -0.610. The van der Waals surface area contributed by atoms with Crippen LogP contribution in [0.2, 0.25) is 0 Å². The Bertz CT molecular complexity index is 186. The van der Waals surface area contributed by atoms with E-state index in [0.717, 1.165) is 19.3 Å². The molecule has 0 aromatic heterocycles. The molecule has 1 amide bonds. The highest BCUT2D eigenvalue weighted by Gasteiger charge is 2.11. The van der Waals surface area contributed by atoms with Gasteiger partial charge in [-0.2, -0.15) is 0 Å². The lowest BCUT2D eigenvalue weighted by Crippen LogP contribution is -2.37. The van der Waals surface area contributed by atoms with Crippen LogP contribution in [0.15, 0.2) is 0 Å². The zero-order valence-electron chi connectivity index (χ0n) is 10.8. The summed E-state index contributed by atoms with van der Waals surface area (Å²) in [6.07, 6.45) is 3.38. The van der Waals surface area contributed by atoms with Gasteiger partial charge in [-0.15, -0.1) is 0 Å². The van der Waals surface area contributed by atoms with E-state index in [2.05, 4.69) is 12.2 Å². The molecule has 4 heteroatoms. The van der Waals surface area contributed by atoms with Crippen LogP contribution in [-0.2, 0) is 9.53 Å². The third-order valence-corrected chi connectivity index (χ3v) is 2.75. The lowest BCUT2D eigenvalue weighted by Gasteiger charge is -2.16. The van der Waals surface area contributed by atoms with E-state index in [1.165, 1.54) is 0 Å². The van der Waals surface area contributed by atoms with Crippen molar-refractivity contribution in [2.24, 2.45) is 11.7 Å². The second-order valence-corrected chi connectivity index (χ2v) is 4.35. The molecule has 96 valence electrons. The van der Waals surface area contributed by atoms with Crippen LogP contribution in [0.25, 0.3) is 0 Å². The fraction of sp³-hybridized carbons (Fsp3) is 0.917. The second-order valence-electron chi connectivity index (χ2n) is 4.35. The van der Waals surface area contributed by atoms with Gasteiger partial charge in [-0.3, -0.25) is 4.79 Å². The lowest BCUT2D eigenvalue weighted by atomic mass is 10.0. The van der Waals surface area contributed by atoms with E-state index in [9.17, 15) is 4.79 Å². The third kappa shape index (κ3) is 7.65. The molecule has 0 rings (SSSR count). The molecule has 0 aliphatic rings. The molecule has 0 aromatic carbocycles. The maximum absolute atomic E-state index is 11.6. The van der Waals surface area contributed by atoms with Crippen molar-refractivity contribution < 1.29 is 9.53 Å². The average molecular weight is 230 g/mol. The molecule has 0 saturated carbocycles. The molecule has 2 atom stereocenters. The van der Waals surface area contributed by atoms with Crippen molar-refractivity contribution >= 4 is 5.91 Å².